The van der Waals surface area contributed by atoms with Gasteiger partial charge in [-0.1, -0.05) is 24.3 Å². The summed E-state index contributed by atoms with van der Waals surface area (Å²) in [5.41, 5.74) is 7.19. The number of carbonyl (C=O) groups excluding carboxylic acids is 1. The molecule has 1 aromatic rings. The van der Waals surface area contributed by atoms with Gasteiger partial charge in [0.2, 0.25) is 5.91 Å². The van der Waals surface area contributed by atoms with Crippen LogP contribution in [0.5, 0.6) is 0 Å². The SMILES string of the molecule is C[C@H](N)C(=O)NCc1cccc(CO)c1. The smallest absolute Gasteiger partial charge is 0.236 e. The lowest BCUT2D eigenvalue weighted by atomic mass is 10.1. The van der Waals surface area contributed by atoms with Crippen LogP contribution < -0.4 is 11.1 Å². The van der Waals surface area contributed by atoms with E-state index in [1.54, 1.807) is 6.92 Å². The molecular formula is C11H16N2O2. The molecule has 15 heavy (non-hydrogen) atoms. The van der Waals surface area contributed by atoms with E-state index in [0.717, 1.165) is 11.1 Å². The Hall–Kier alpha value is -1.39. The number of nitrogens with one attached hydrogen (secondary N) is 1. The molecule has 0 saturated carbocycles. The second kappa shape index (κ2) is 5.48. The molecule has 0 radical (unpaired) electrons. The lowest BCUT2D eigenvalue weighted by Crippen LogP contribution is -2.37. The lowest BCUT2D eigenvalue weighted by molar-refractivity contribution is -0.122. The summed E-state index contributed by atoms with van der Waals surface area (Å²) in [6, 6.07) is 6.92. The monoisotopic (exact) mass is 208 g/mol. The van der Waals surface area contributed by atoms with Crippen molar-refractivity contribution in [3.8, 4) is 0 Å². The summed E-state index contributed by atoms with van der Waals surface area (Å²) < 4.78 is 0. The van der Waals surface area contributed by atoms with E-state index in [9.17, 15) is 4.79 Å². The highest BCUT2D eigenvalue weighted by Gasteiger charge is 2.05. The van der Waals surface area contributed by atoms with E-state index < -0.39 is 6.04 Å². The van der Waals surface area contributed by atoms with Crippen LogP contribution in [0, 0.1) is 0 Å². The van der Waals surface area contributed by atoms with Gasteiger partial charge in [-0.25, -0.2) is 0 Å². The van der Waals surface area contributed by atoms with Gasteiger partial charge in [0.15, 0.2) is 0 Å². The zero-order valence-corrected chi connectivity index (χ0v) is 8.73. The van der Waals surface area contributed by atoms with Crippen LogP contribution in [0.25, 0.3) is 0 Å². The number of aliphatic hydroxyl groups excluding tert-OH is 1. The van der Waals surface area contributed by atoms with Crippen molar-refractivity contribution in [1.82, 2.24) is 5.32 Å². The number of amides is 1. The zero-order chi connectivity index (χ0) is 11.3. The molecule has 1 rings (SSSR count). The van der Waals surface area contributed by atoms with Gasteiger partial charge in [-0.2, -0.15) is 0 Å². The summed E-state index contributed by atoms with van der Waals surface area (Å²) in [7, 11) is 0. The second-order valence-electron chi connectivity index (χ2n) is 3.48. The van der Waals surface area contributed by atoms with Crippen molar-refractivity contribution in [2.45, 2.75) is 26.1 Å². The molecule has 0 aliphatic rings. The fraction of sp³-hybridized carbons (Fsp3) is 0.364. The first-order valence-electron chi connectivity index (χ1n) is 4.85. The largest absolute Gasteiger partial charge is 0.392 e. The second-order valence-corrected chi connectivity index (χ2v) is 3.48. The van der Waals surface area contributed by atoms with Crippen molar-refractivity contribution >= 4 is 5.91 Å². The van der Waals surface area contributed by atoms with E-state index >= 15 is 0 Å². The number of benzene rings is 1. The maximum atomic E-state index is 11.2. The summed E-state index contributed by atoms with van der Waals surface area (Å²) in [6.07, 6.45) is 0. The number of hydrogen-bond donors (Lipinski definition) is 3. The molecule has 0 saturated heterocycles. The van der Waals surface area contributed by atoms with E-state index in [1.807, 2.05) is 24.3 Å². The molecule has 4 N–H and O–H groups in total. The summed E-state index contributed by atoms with van der Waals surface area (Å²) in [5.74, 6) is -0.176. The van der Waals surface area contributed by atoms with Crippen molar-refractivity contribution < 1.29 is 9.90 Å². The van der Waals surface area contributed by atoms with Gasteiger partial charge < -0.3 is 16.2 Å². The highest BCUT2D eigenvalue weighted by atomic mass is 16.3. The van der Waals surface area contributed by atoms with Crippen molar-refractivity contribution in [3.63, 3.8) is 0 Å². The number of carbonyl (C=O) groups is 1. The Morgan fingerprint density at radius 2 is 2.20 bits per heavy atom. The molecule has 0 aliphatic heterocycles. The Morgan fingerprint density at radius 1 is 1.53 bits per heavy atom. The van der Waals surface area contributed by atoms with Crippen LogP contribution in [-0.4, -0.2) is 17.1 Å². The van der Waals surface area contributed by atoms with E-state index in [1.165, 1.54) is 0 Å². The van der Waals surface area contributed by atoms with Crippen LogP contribution in [0.3, 0.4) is 0 Å². The quantitative estimate of drug-likeness (QED) is 0.659. The average molecular weight is 208 g/mol. The molecule has 0 aromatic heterocycles. The van der Waals surface area contributed by atoms with Gasteiger partial charge in [0.25, 0.3) is 0 Å². The van der Waals surface area contributed by atoms with Crippen LogP contribution in [0.4, 0.5) is 0 Å². The minimum Gasteiger partial charge on any atom is -0.392 e. The molecule has 4 nitrogen and oxygen atoms in total. The minimum absolute atomic E-state index is 0.00901. The number of aliphatic hydroxyl groups is 1. The maximum Gasteiger partial charge on any atom is 0.236 e. The summed E-state index contributed by atoms with van der Waals surface area (Å²) >= 11 is 0. The first-order valence-corrected chi connectivity index (χ1v) is 4.85. The average Bonchev–Trinajstić information content (AvgIpc) is 2.26. The molecule has 0 spiro atoms. The topological polar surface area (TPSA) is 75.4 Å². The van der Waals surface area contributed by atoms with Crippen LogP contribution >= 0.6 is 0 Å². The molecule has 0 fully saturated rings. The highest BCUT2D eigenvalue weighted by molar-refractivity contribution is 5.80. The van der Waals surface area contributed by atoms with Crippen molar-refractivity contribution in [1.29, 1.82) is 0 Å². The summed E-state index contributed by atoms with van der Waals surface area (Å²) in [5, 5.41) is 11.6. The van der Waals surface area contributed by atoms with Crippen LogP contribution in [-0.2, 0) is 17.9 Å². The molecule has 1 amide bonds. The predicted octanol–water partition coefficient (Wildman–Crippen LogP) is 0.142. The molecule has 0 bridgehead atoms. The Morgan fingerprint density at radius 3 is 2.80 bits per heavy atom. The third-order valence-electron chi connectivity index (χ3n) is 2.05. The van der Waals surface area contributed by atoms with Crippen LogP contribution in [0.1, 0.15) is 18.1 Å². The summed E-state index contributed by atoms with van der Waals surface area (Å²) in [6.45, 7) is 2.09. The Bertz CT molecular complexity index is 337. The fourth-order valence-electron chi connectivity index (χ4n) is 1.19. The first kappa shape index (κ1) is 11.7. The van der Waals surface area contributed by atoms with E-state index in [0.29, 0.717) is 6.54 Å². The van der Waals surface area contributed by atoms with Crippen molar-refractivity contribution in [3.05, 3.63) is 35.4 Å². The lowest BCUT2D eigenvalue weighted by Gasteiger charge is -2.08. The molecule has 1 atom stereocenters. The predicted molar refractivity (Wildman–Crippen MR) is 57.9 cm³/mol. The van der Waals surface area contributed by atoms with Gasteiger partial charge in [-0.3, -0.25) is 4.79 Å². The van der Waals surface area contributed by atoms with Gasteiger partial charge in [0.1, 0.15) is 0 Å². The third kappa shape index (κ3) is 3.69. The van der Waals surface area contributed by atoms with Crippen LogP contribution in [0.2, 0.25) is 0 Å². The number of rotatable bonds is 4. The molecule has 0 aliphatic carbocycles. The Kier molecular flexibility index (Phi) is 4.27. The molecular weight excluding hydrogens is 192 g/mol. The van der Waals surface area contributed by atoms with E-state index in [2.05, 4.69) is 5.32 Å². The van der Waals surface area contributed by atoms with E-state index in [-0.39, 0.29) is 12.5 Å². The highest BCUT2D eigenvalue weighted by Crippen LogP contribution is 2.04. The molecule has 1 aromatic carbocycles. The van der Waals surface area contributed by atoms with Gasteiger partial charge in [-0.15, -0.1) is 0 Å². The Balaban J connectivity index is 2.54. The molecule has 0 unspecified atom stereocenters. The number of hydrogen-bond acceptors (Lipinski definition) is 3. The van der Waals surface area contributed by atoms with Crippen LogP contribution in [0.15, 0.2) is 24.3 Å². The maximum absolute atomic E-state index is 11.2. The van der Waals surface area contributed by atoms with Gasteiger partial charge in [-0.05, 0) is 18.1 Å². The van der Waals surface area contributed by atoms with E-state index in [4.69, 9.17) is 10.8 Å². The Labute approximate surface area is 89.1 Å². The third-order valence-corrected chi connectivity index (χ3v) is 2.05. The fourth-order valence-corrected chi connectivity index (χ4v) is 1.19. The zero-order valence-electron chi connectivity index (χ0n) is 8.73. The summed E-state index contributed by atoms with van der Waals surface area (Å²) in [4.78, 5) is 11.2. The minimum atomic E-state index is -0.494. The molecule has 82 valence electrons. The van der Waals surface area contributed by atoms with Crippen molar-refractivity contribution in [2.75, 3.05) is 0 Å². The molecule has 4 heteroatoms. The number of nitrogens with two attached hydrogens (primary N) is 1. The normalized spacial score (nSPS) is 12.2. The first-order chi connectivity index (χ1) is 7.13. The van der Waals surface area contributed by atoms with Crippen molar-refractivity contribution in [2.24, 2.45) is 5.73 Å². The molecule has 0 heterocycles. The van der Waals surface area contributed by atoms with Gasteiger partial charge >= 0.3 is 0 Å². The van der Waals surface area contributed by atoms with Gasteiger partial charge in [0.05, 0.1) is 12.6 Å². The standard InChI is InChI=1S/C11H16N2O2/c1-8(12)11(15)13-6-9-3-2-4-10(5-9)7-14/h2-5,8,14H,6-7,12H2,1H3,(H,13,15)/t8-/m0/s1. The van der Waals surface area contributed by atoms with Gasteiger partial charge in [0, 0.05) is 6.54 Å².